The van der Waals surface area contributed by atoms with E-state index in [2.05, 4.69) is 25.3 Å². The van der Waals surface area contributed by atoms with E-state index in [1.165, 1.54) is 18.3 Å². The van der Waals surface area contributed by atoms with Gasteiger partial charge in [-0.1, -0.05) is 6.07 Å². The highest BCUT2D eigenvalue weighted by Crippen LogP contribution is 2.17. The van der Waals surface area contributed by atoms with Gasteiger partial charge in [-0.25, -0.2) is 18.8 Å². The number of rotatable bonds is 7. The molecule has 0 saturated carbocycles. The number of aliphatic imine (C=N–C) groups is 1. The van der Waals surface area contributed by atoms with Crippen molar-refractivity contribution in [1.82, 2.24) is 15.6 Å². The molecule has 0 fully saturated rings. The van der Waals surface area contributed by atoms with Crippen molar-refractivity contribution >= 4 is 5.96 Å². The van der Waals surface area contributed by atoms with Crippen LogP contribution in [0.1, 0.15) is 18.1 Å². The summed E-state index contributed by atoms with van der Waals surface area (Å²) in [5, 5.41) is 5.84. The van der Waals surface area contributed by atoms with Gasteiger partial charge in [-0.05, 0) is 30.7 Å². The van der Waals surface area contributed by atoms with Crippen molar-refractivity contribution in [3.8, 4) is 5.88 Å². The SMILES string of the molecule is CCNC(=NCc1ccc(OCC(F)(F)F)nc1)NCc1cc(F)ccc1F. The van der Waals surface area contributed by atoms with E-state index >= 15 is 0 Å². The molecule has 0 unspecified atom stereocenters. The largest absolute Gasteiger partial charge is 0.468 e. The fraction of sp³-hybridized carbons (Fsp3) is 0.333. The predicted octanol–water partition coefficient (Wildman–Crippen LogP) is 3.56. The van der Waals surface area contributed by atoms with Crippen LogP contribution in [0.2, 0.25) is 0 Å². The van der Waals surface area contributed by atoms with Gasteiger partial charge in [0.05, 0.1) is 6.54 Å². The van der Waals surface area contributed by atoms with Crippen LogP contribution in [0, 0.1) is 11.6 Å². The summed E-state index contributed by atoms with van der Waals surface area (Å²) in [4.78, 5) is 8.08. The first-order valence-electron chi connectivity index (χ1n) is 8.37. The van der Waals surface area contributed by atoms with Gasteiger partial charge in [0.25, 0.3) is 0 Å². The number of pyridine rings is 1. The monoisotopic (exact) mass is 402 g/mol. The van der Waals surface area contributed by atoms with Gasteiger partial charge in [0.1, 0.15) is 11.6 Å². The quantitative estimate of drug-likeness (QED) is 0.423. The number of hydrogen-bond donors (Lipinski definition) is 2. The summed E-state index contributed by atoms with van der Waals surface area (Å²) < 4.78 is 67.8. The molecule has 10 heteroatoms. The van der Waals surface area contributed by atoms with E-state index in [1.54, 1.807) is 0 Å². The van der Waals surface area contributed by atoms with Crippen LogP contribution in [0.3, 0.4) is 0 Å². The molecule has 5 nitrogen and oxygen atoms in total. The Balaban J connectivity index is 1.95. The lowest BCUT2D eigenvalue weighted by atomic mass is 10.2. The number of guanidine groups is 1. The van der Waals surface area contributed by atoms with Crippen molar-refractivity contribution in [2.24, 2.45) is 4.99 Å². The Hall–Kier alpha value is -2.91. The topological polar surface area (TPSA) is 58.5 Å². The Labute approximate surface area is 158 Å². The molecule has 152 valence electrons. The number of alkyl halides is 3. The average Bonchev–Trinajstić information content (AvgIpc) is 2.65. The molecular formula is C18H19F5N4O. The van der Waals surface area contributed by atoms with Gasteiger partial charge in [-0.3, -0.25) is 0 Å². The maximum atomic E-state index is 13.7. The minimum Gasteiger partial charge on any atom is -0.468 e. The van der Waals surface area contributed by atoms with Crippen molar-refractivity contribution in [2.75, 3.05) is 13.2 Å². The zero-order valence-electron chi connectivity index (χ0n) is 15.0. The number of benzene rings is 1. The molecule has 0 radical (unpaired) electrons. The minimum absolute atomic E-state index is 0.0257. The zero-order chi connectivity index (χ0) is 20.6. The molecule has 0 saturated heterocycles. The lowest BCUT2D eigenvalue weighted by Crippen LogP contribution is -2.37. The highest BCUT2D eigenvalue weighted by molar-refractivity contribution is 5.79. The number of halogens is 5. The van der Waals surface area contributed by atoms with Gasteiger partial charge in [0, 0.05) is 30.9 Å². The molecule has 1 aromatic carbocycles. The molecule has 0 aliphatic heterocycles. The number of ether oxygens (including phenoxy) is 1. The Morgan fingerprint density at radius 1 is 1.14 bits per heavy atom. The van der Waals surface area contributed by atoms with Crippen LogP contribution in [0.25, 0.3) is 0 Å². The Morgan fingerprint density at radius 2 is 1.93 bits per heavy atom. The van der Waals surface area contributed by atoms with Crippen molar-refractivity contribution in [3.63, 3.8) is 0 Å². The maximum absolute atomic E-state index is 13.7. The highest BCUT2D eigenvalue weighted by atomic mass is 19.4. The third-order valence-corrected chi connectivity index (χ3v) is 3.40. The van der Waals surface area contributed by atoms with E-state index in [4.69, 9.17) is 0 Å². The van der Waals surface area contributed by atoms with Crippen LogP contribution < -0.4 is 15.4 Å². The number of nitrogens with zero attached hydrogens (tertiary/aromatic N) is 2. The van der Waals surface area contributed by atoms with E-state index in [1.807, 2.05) is 6.92 Å². The van der Waals surface area contributed by atoms with E-state index in [-0.39, 0.29) is 24.5 Å². The van der Waals surface area contributed by atoms with Gasteiger partial charge >= 0.3 is 6.18 Å². The number of aromatic nitrogens is 1. The molecule has 0 spiro atoms. The van der Waals surface area contributed by atoms with Crippen LogP contribution in [0.15, 0.2) is 41.5 Å². The normalized spacial score (nSPS) is 12.0. The molecule has 2 rings (SSSR count). The second kappa shape index (κ2) is 9.86. The molecule has 0 aliphatic carbocycles. The summed E-state index contributed by atoms with van der Waals surface area (Å²) in [7, 11) is 0. The number of nitrogens with one attached hydrogen (secondary N) is 2. The number of hydrogen-bond acceptors (Lipinski definition) is 3. The minimum atomic E-state index is -4.43. The molecule has 0 amide bonds. The van der Waals surface area contributed by atoms with Crippen LogP contribution in [-0.2, 0) is 13.1 Å². The molecule has 28 heavy (non-hydrogen) atoms. The lowest BCUT2D eigenvalue weighted by molar-refractivity contribution is -0.154. The van der Waals surface area contributed by atoms with E-state index in [9.17, 15) is 22.0 Å². The molecule has 2 aromatic rings. The van der Waals surface area contributed by atoms with Crippen molar-refractivity contribution < 1.29 is 26.7 Å². The fourth-order valence-electron chi connectivity index (χ4n) is 2.12. The molecule has 1 heterocycles. The summed E-state index contributed by atoms with van der Waals surface area (Å²) >= 11 is 0. The van der Waals surface area contributed by atoms with E-state index in [0.717, 1.165) is 18.2 Å². The first kappa shape index (κ1) is 21.4. The van der Waals surface area contributed by atoms with Crippen LogP contribution in [0.5, 0.6) is 5.88 Å². The van der Waals surface area contributed by atoms with E-state index in [0.29, 0.717) is 18.1 Å². The molecule has 0 aliphatic rings. The second-order valence-corrected chi connectivity index (χ2v) is 5.69. The van der Waals surface area contributed by atoms with Crippen LogP contribution in [-0.4, -0.2) is 30.3 Å². The summed E-state index contributed by atoms with van der Waals surface area (Å²) in [5.41, 5.74) is 0.784. The van der Waals surface area contributed by atoms with Crippen LogP contribution in [0.4, 0.5) is 22.0 Å². The molecule has 0 atom stereocenters. The first-order valence-corrected chi connectivity index (χ1v) is 8.37. The van der Waals surface area contributed by atoms with Crippen molar-refractivity contribution in [2.45, 2.75) is 26.2 Å². The van der Waals surface area contributed by atoms with Gasteiger partial charge in [0.2, 0.25) is 5.88 Å². The predicted molar refractivity (Wildman–Crippen MR) is 93.8 cm³/mol. The second-order valence-electron chi connectivity index (χ2n) is 5.69. The smallest absolute Gasteiger partial charge is 0.422 e. The highest BCUT2D eigenvalue weighted by Gasteiger charge is 2.28. The molecular weight excluding hydrogens is 383 g/mol. The van der Waals surface area contributed by atoms with E-state index < -0.39 is 24.4 Å². The van der Waals surface area contributed by atoms with Gasteiger partial charge in [0.15, 0.2) is 12.6 Å². The lowest BCUT2D eigenvalue weighted by Gasteiger charge is -2.12. The standard InChI is InChI=1S/C18H19F5N4O/c1-2-24-17(27-10-13-7-14(19)4-5-15(13)20)26-9-12-3-6-16(25-8-12)28-11-18(21,22)23/h3-8H,2,9-11H2,1H3,(H2,24,26,27). The van der Waals surface area contributed by atoms with Gasteiger partial charge < -0.3 is 15.4 Å². The van der Waals surface area contributed by atoms with Gasteiger partial charge in [-0.15, -0.1) is 0 Å². The van der Waals surface area contributed by atoms with Crippen LogP contribution >= 0.6 is 0 Å². The Kier molecular flexibility index (Phi) is 7.53. The zero-order valence-corrected chi connectivity index (χ0v) is 15.0. The summed E-state index contributed by atoms with van der Waals surface area (Å²) in [5.74, 6) is -0.859. The summed E-state index contributed by atoms with van der Waals surface area (Å²) in [6.45, 7) is 1.17. The van der Waals surface area contributed by atoms with Crippen molar-refractivity contribution in [3.05, 3.63) is 59.3 Å². The molecule has 1 aromatic heterocycles. The summed E-state index contributed by atoms with van der Waals surface area (Å²) in [6.07, 6.45) is -3.08. The first-order chi connectivity index (χ1) is 13.3. The fourth-order valence-corrected chi connectivity index (χ4v) is 2.12. The molecule has 0 bridgehead atoms. The maximum Gasteiger partial charge on any atom is 0.422 e. The third kappa shape index (κ3) is 7.37. The average molecular weight is 402 g/mol. The Morgan fingerprint density at radius 3 is 2.57 bits per heavy atom. The van der Waals surface area contributed by atoms with Gasteiger partial charge in [-0.2, -0.15) is 13.2 Å². The third-order valence-electron chi connectivity index (χ3n) is 3.40. The molecule has 2 N–H and O–H groups in total. The summed E-state index contributed by atoms with van der Waals surface area (Å²) in [6, 6.07) is 6.03. The van der Waals surface area contributed by atoms with Crippen molar-refractivity contribution in [1.29, 1.82) is 0 Å². The Bertz CT molecular complexity index is 794.